The second kappa shape index (κ2) is 13.6. The molecule has 0 unspecified atom stereocenters. The molecular weight excluding hydrogens is 488 g/mol. The van der Waals surface area contributed by atoms with Crippen molar-refractivity contribution in [1.29, 1.82) is 0 Å². The van der Waals surface area contributed by atoms with Crippen LogP contribution < -0.4 is 10.1 Å². The summed E-state index contributed by atoms with van der Waals surface area (Å²) < 4.78 is 7.22. The molecule has 7 heteroatoms. The number of benzene rings is 3. The number of aromatic nitrogens is 2. The van der Waals surface area contributed by atoms with E-state index in [9.17, 15) is 9.59 Å². The van der Waals surface area contributed by atoms with Gasteiger partial charge >= 0.3 is 0 Å². The lowest BCUT2D eigenvalue weighted by Crippen LogP contribution is -2.38. The van der Waals surface area contributed by atoms with Gasteiger partial charge in [-0.2, -0.15) is 0 Å². The maximum absolute atomic E-state index is 13.5. The van der Waals surface area contributed by atoms with Crippen LogP contribution in [0.3, 0.4) is 0 Å². The average molecular weight is 527 g/mol. The number of nitrogens with one attached hydrogen (secondary N) is 1. The summed E-state index contributed by atoms with van der Waals surface area (Å²) in [5.41, 5.74) is 3.63. The second-order valence-electron chi connectivity index (χ2n) is 10.00. The fourth-order valence-corrected chi connectivity index (χ4v) is 4.69. The van der Waals surface area contributed by atoms with Crippen molar-refractivity contribution in [3.05, 3.63) is 95.8 Å². The average Bonchev–Trinajstić information content (AvgIpc) is 3.30. The number of carbonyl (C=O) groups is 2. The Balaban J connectivity index is 1.34. The maximum atomic E-state index is 13.5. The van der Waals surface area contributed by atoms with Gasteiger partial charge in [-0.25, -0.2) is 4.98 Å². The number of hydrogen-bond acceptors (Lipinski definition) is 4. The molecule has 2 amide bonds. The molecular formula is C32H38N4O3. The molecule has 1 N–H and O–H groups in total. The van der Waals surface area contributed by atoms with E-state index in [0.29, 0.717) is 18.7 Å². The number of hydrogen-bond donors (Lipinski definition) is 1. The highest BCUT2D eigenvalue weighted by Gasteiger charge is 2.20. The van der Waals surface area contributed by atoms with Crippen LogP contribution in [-0.4, -0.2) is 46.0 Å². The fraction of sp³-hybridized carbons (Fsp3) is 0.344. The molecule has 0 aliphatic heterocycles. The summed E-state index contributed by atoms with van der Waals surface area (Å²) in [4.78, 5) is 32.7. The lowest BCUT2D eigenvalue weighted by atomic mass is 10.1. The molecule has 7 nitrogen and oxygen atoms in total. The van der Waals surface area contributed by atoms with Crippen LogP contribution in [0, 0.1) is 0 Å². The monoisotopic (exact) mass is 526 g/mol. The first-order valence-corrected chi connectivity index (χ1v) is 13.7. The van der Waals surface area contributed by atoms with E-state index in [2.05, 4.69) is 35.9 Å². The highest BCUT2D eigenvalue weighted by molar-refractivity contribution is 5.94. The number of rotatable bonds is 13. The lowest BCUT2D eigenvalue weighted by molar-refractivity contribution is -0.134. The van der Waals surface area contributed by atoms with Gasteiger partial charge in [-0.1, -0.05) is 48.9 Å². The van der Waals surface area contributed by atoms with Gasteiger partial charge in [0, 0.05) is 31.1 Å². The Morgan fingerprint density at radius 3 is 2.36 bits per heavy atom. The van der Waals surface area contributed by atoms with Crippen molar-refractivity contribution in [2.24, 2.45) is 0 Å². The van der Waals surface area contributed by atoms with Gasteiger partial charge in [0.2, 0.25) is 5.91 Å². The Morgan fingerprint density at radius 1 is 0.923 bits per heavy atom. The van der Waals surface area contributed by atoms with Gasteiger partial charge in [0.05, 0.1) is 18.1 Å². The number of nitrogens with zero attached hydrogens (tertiary/aromatic N) is 3. The Hall–Kier alpha value is -4.13. The highest BCUT2D eigenvalue weighted by atomic mass is 16.5. The van der Waals surface area contributed by atoms with Gasteiger partial charge in [0.15, 0.2) is 0 Å². The molecule has 204 valence electrons. The normalized spacial score (nSPS) is 11.1. The smallest absolute Gasteiger partial charge is 0.251 e. The van der Waals surface area contributed by atoms with E-state index in [1.807, 2.05) is 47.4 Å². The molecule has 0 fully saturated rings. The lowest BCUT2D eigenvalue weighted by Gasteiger charge is -2.27. The first-order valence-electron chi connectivity index (χ1n) is 13.7. The number of methoxy groups -OCH3 is 1. The van der Waals surface area contributed by atoms with E-state index in [4.69, 9.17) is 9.72 Å². The number of imidazole rings is 1. The van der Waals surface area contributed by atoms with Crippen molar-refractivity contribution in [3.8, 4) is 5.75 Å². The third-order valence-electron chi connectivity index (χ3n) is 6.88. The van der Waals surface area contributed by atoms with Crippen LogP contribution in [0.5, 0.6) is 5.75 Å². The Kier molecular flexibility index (Phi) is 9.73. The van der Waals surface area contributed by atoms with Crippen molar-refractivity contribution in [2.75, 3.05) is 13.7 Å². The summed E-state index contributed by atoms with van der Waals surface area (Å²) >= 11 is 0. The van der Waals surface area contributed by atoms with Crippen molar-refractivity contribution in [2.45, 2.75) is 58.7 Å². The standard InChI is InChI=1S/C32H38N4O3/c1-24(2)35(22-25-12-6-4-7-13-25)31(37)23-36-29-15-10-9-14-28(29)34-30(36)16-8-5-11-21-33-32(38)26-17-19-27(39-3)20-18-26/h4,6-7,9-10,12-15,17-20,24H,5,8,11,16,21-23H2,1-3H3,(H,33,38). The summed E-state index contributed by atoms with van der Waals surface area (Å²) in [7, 11) is 1.61. The van der Waals surface area contributed by atoms with Gasteiger partial charge in [-0.3, -0.25) is 9.59 Å². The van der Waals surface area contributed by atoms with E-state index in [0.717, 1.165) is 53.9 Å². The summed E-state index contributed by atoms with van der Waals surface area (Å²) in [5, 5.41) is 2.99. The molecule has 0 bridgehead atoms. The van der Waals surface area contributed by atoms with Crippen LogP contribution in [0.2, 0.25) is 0 Å². The SMILES string of the molecule is COc1ccc(C(=O)NCCCCCc2nc3ccccc3n2CC(=O)N(Cc2ccccc2)C(C)C)cc1. The minimum atomic E-state index is -0.0804. The van der Waals surface area contributed by atoms with Crippen LogP contribution >= 0.6 is 0 Å². The zero-order chi connectivity index (χ0) is 27.6. The molecule has 0 saturated carbocycles. The van der Waals surface area contributed by atoms with E-state index in [-0.39, 0.29) is 24.4 Å². The number of fused-ring (bicyclic) bond motifs is 1. The van der Waals surface area contributed by atoms with E-state index in [1.54, 1.807) is 31.4 Å². The maximum Gasteiger partial charge on any atom is 0.251 e. The van der Waals surface area contributed by atoms with Gasteiger partial charge in [0.1, 0.15) is 18.1 Å². The number of ether oxygens (including phenoxy) is 1. The minimum Gasteiger partial charge on any atom is -0.497 e. The zero-order valence-electron chi connectivity index (χ0n) is 23.1. The number of unbranched alkanes of at least 4 members (excludes halogenated alkanes) is 2. The first-order chi connectivity index (χ1) is 19.0. The third-order valence-corrected chi connectivity index (χ3v) is 6.88. The fourth-order valence-electron chi connectivity index (χ4n) is 4.69. The quantitative estimate of drug-likeness (QED) is 0.229. The van der Waals surface area contributed by atoms with E-state index < -0.39 is 0 Å². The Labute approximate surface area is 230 Å². The van der Waals surface area contributed by atoms with Gasteiger partial charge in [-0.15, -0.1) is 0 Å². The van der Waals surface area contributed by atoms with Crippen molar-refractivity contribution in [3.63, 3.8) is 0 Å². The Bertz CT molecular complexity index is 1360. The number of para-hydroxylation sites is 2. The molecule has 1 aromatic heterocycles. The molecule has 39 heavy (non-hydrogen) atoms. The summed E-state index contributed by atoms with van der Waals surface area (Å²) in [6.45, 7) is 5.57. The van der Waals surface area contributed by atoms with Crippen LogP contribution in [0.25, 0.3) is 11.0 Å². The van der Waals surface area contributed by atoms with Gasteiger partial charge < -0.3 is 19.5 Å². The van der Waals surface area contributed by atoms with Gasteiger partial charge in [0.25, 0.3) is 5.91 Å². The molecule has 0 saturated heterocycles. The van der Waals surface area contributed by atoms with Crippen LogP contribution in [-0.2, 0) is 24.3 Å². The number of carbonyl (C=O) groups excluding carboxylic acids is 2. The molecule has 1 heterocycles. The topological polar surface area (TPSA) is 76.5 Å². The minimum absolute atomic E-state index is 0.0804. The largest absolute Gasteiger partial charge is 0.497 e. The Morgan fingerprint density at radius 2 is 1.64 bits per heavy atom. The third kappa shape index (κ3) is 7.47. The molecule has 0 radical (unpaired) electrons. The predicted molar refractivity (Wildman–Crippen MR) is 155 cm³/mol. The molecule has 0 atom stereocenters. The molecule has 0 spiro atoms. The second-order valence-corrected chi connectivity index (χ2v) is 10.00. The van der Waals surface area contributed by atoms with Gasteiger partial charge in [-0.05, 0) is 68.7 Å². The molecule has 3 aromatic carbocycles. The number of amides is 2. The summed E-state index contributed by atoms with van der Waals surface area (Å²) in [5.74, 6) is 1.66. The summed E-state index contributed by atoms with van der Waals surface area (Å²) in [6, 6.07) is 25.3. The van der Waals surface area contributed by atoms with Crippen LogP contribution in [0.15, 0.2) is 78.9 Å². The molecule has 4 rings (SSSR count). The van der Waals surface area contributed by atoms with Crippen molar-refractivity contribution >= 4 is 22.8 Å². The van der Waals surface area contributed by atoms with E-state index >= 15 is 0 Å². The van der Waals surface area contributed by atoms with Crippen LogP contribution in [0.4, 0.5) is 0 Å². The predicted octanol–water partition coefficient (Wildman–Crippen LogP) is 5.62. The number of aryl methyl sites for hydroxylation is 1. The molecule has 0 aliphatic carbocycles. The van der Waals surface area contributed by atoms with Crippen molar-refractivity contribution < 1.29 is 14.3 Å². The van der Waals surface area contributed by atoms with Crippen molar-refractivity contribution in [1.82, 2.24) is 19.8 Å². The molecule has 0 aliphatic rings. The van der Waals surface area contributed by atoms with E-state index in [1.165, 1.54) is 0 Å². The molecule has 4 aromatic rings. The van der Waals surface area contributed by atoms with Crippen LogP contribution in [0.1, 0.15) is 54.9 Å². The zero-order valence-corrected chi connectivity index (χ0v) is 23.1. The summed E-state index contributed by atoms with van der Waals surface area (Å²) in [6.07, 6.45) is 3.52. The first kappa shape index (κ1) is 27.9. The highest BCUT2D eigenvalue weighted by Crippen LogP contribution is 2.19.